The standard InChI is InChI=1S/C23H31F3N4O2/c1-4-32-22(31)29-11-5-6-18(15(29)3)20-12-14(2)27-21-13-19(28-30(20)21)16-7-9-17(10-8-16)23(24,25)26/h12-13,15-18H,4-11H2,1-3H3/t15-,16?,17?,18-/m1/s1. The van der Waals surface area contributed by atoms with Crippen molar-refractivity contribution in [1.82, 2.24) is 19.5 Å². The fourth-order valence-corrected chi connectivity index (χ4v) is 5.33. The summed E-state index contributed by atoms with van der Waals surface area (Å²) in [5.41, 5.74) is 3.38. The lowest BCUT2D eigenvalue weighted by Gasteiger charge is -2.38. The Bertz CT molecular complexity index is 966. The van der Waals surface area contributed by atoms with Crippen molar-refractivity contribution in [2.45, 2.75) is 83.4 Å². The molecule has 32 heavy (non-hydrogen) atoms. The number of hydrogen-bond acceptors (Lipinski definition) is 4. The number of halogens is 3. The summed E-state index contributed by atoms with van der Waals surface area (Å²) in [5, 5.41) is 4.82. The minimum Gasteiger partial charge on any atom is -0.450 e. The minimum absolute atomic E-state index is 0.0169. The summed E-state index contributed by atoms with van der Waals surface area (Å²) in [5.74, 6) is -1.11. The molecular formula is C23H31F3N4O2. The predicted octanol–water partition coefficient (Wildman–Crippen LogP) is 5.60. The SMILES string of the molecule is CCOC(=O)N1CCC[C@@H](c2cc(C)nc3cc(C4CCC(C(F)(F)F)CC4)nn23)[C@H]1C. The summed E-state index contributed by atoms with van der Waals surface area (Å²) in [7, 11) is 0. The van der Waals surface area contributed by atoms with Gasteiger partial charge in [-0.1, -0.05) is 0 Å². The Kier molecular flexibility index (Phi) is 6.36. The number of nitrogens with zero attached hydrogens (tertiary/aromatic N) is 4. The highest BCUT2D eigenvalue weighted by molar-refractivity contribution is 5.68. The van der Waals surface area contributed by atoms with Gasteiger partial charge in [0.15, 0.2) is 5.65 Å². The van der Waals surface area contributed by atoms with Crippen LogP contribution in [0.5, 0.6) is 0 Å². The van der Waals surface area contributed by atoms with Gasteiger partial charge in [0.25, 0.3) is 0 Å². The van der Waals surface area contributed by atoms with Gasteiger partial charge in [-0.25, -0.2) is 14.3 Å². The molecule has 2 aliphatic rings. The Morgan fingerprint density at radius 3 is 2.56 bits per heavy atom. The van der Waals surface area contributed by atoms with Crippen molar-refractivity contribution < 1.29 is 22.7 Å². The van der Waals surface area contributed by atoms with Crippen molar-refractivity contribution in [3.05, 3.63) is 29.2 Å². The number of aromatic nitrogens is 3. The van der Waals surface area contributed by atoms with E-state index in [1.165, 1.54) is 0 Å². The molecule has 4 rings (SSSR count). The second kappa shape index (κ2) is 8.90. The monoisotopic (exact) mass is 452 g/mol. The molecule has 1 saturated carbocycles. The topological polar surface area (TPSA) is 59.7 Å². The van der Waals surface area contributed by atoms with E-state index in [2.05, 4.69) is 4.98 Å². The fraction of sp³-hybridized carbons (Fsp3) is 0.696. The van der Waals surface area contributed by atoms with Crippen LogP contribution in [0.2, 0.25) is 0 Å². The Balaban J connectivity index is 1.61. The smallest absolute Gasteiger partial charge is 0.410 e. The Morgan fingerprint density at radius 1 is 1.19 bits per heavy atom. The Morgan fingerprint density at radius 2 is 1.91 bits per heavy atom. The van der Waals surface area contributed by atoms with Crippen LogP contribution >= 0.6 is 0 Å². The average molecular weight is 453 g/mol. The minimum atomic E-state index is -4.11. The van der Waals surface area contributed by atoms with E-state index in [4.69, 9.17) is 9.84 Å². The van der Waals surface area contributed by atoms with Crippen LogP contribution in [-0.2, 0) is 4.74 Å². The molecule has 2 atom stereocenters. The zero-order chi connectivity index (χ0) is 23.0. The molecule has 0 N–H and O–H groups in total. The number of rotatable bonds is 3. The van der Waals surface area contributed by atoms with Crippen molar-refractivity contribution in [2.75, 3.05) is 13.2 Å². The van der Waals surface area contributed by atoms with Crippen LogP contribution in [0.15, 0.2) is 12.1 Å². The molecule has 0 aromatic carbocycles. The highest BCUT2D eigenvalue weighted by atomic mass is 19.4. The lowest BCUT2D eigenvalue weighted by molar-refractivity contribution is -0.182. The molecule has 1 amide bonds. The number of fused-ring (bicyclic) bond motifs is 1. The number of ether oxygens (including phenoxy) is 1. The van der Waals surface area contributed by atoms with E-state index in [9.17, 15) is 18.0 Å². The first kappa shape index (κ1) is 22.9. The predicted molar refractivity (Wildman–Crippen MR) is 114 cm³/mol. The molecule has 2 aromatic heterocycles. The van der Waals surface area contributed by atoms with Gasteiger partial charge in [0, 0.05) is 36.2 Å². The van der Waals surface area contributed by atoms with Crippen molar-refractivity contribution in [2.24, 2.45) is 5.92 Å². The van der Waals surface area contributed by atoms with Gasteiger partial charge in [-0.3, -0.25) is 0 Å². The molecule has 176 valence electrons. The van der Waals surface area contributed by atoms with Crippen molar-refractivity contribution in [3.8, 4) is 0 Å². The normalized spacial score (nSPS) is 27.0. The molecule has 0 bridgehead atoms. The third-order valence-corrected chi connectivity index (χ3v) is 7.08. The second-order valence-corrected chi connectivity index (χ2v) is 9.13. The molecule has 9 heteroatoms. The van der Waals surface area contributed by atoms with Crippen molar-refractivity contribution >= 4 is 11.7 Å². The Hall–Kier alpha value is -2.32. The molecule has 1 saturated heterocycles. The van der Waals surface area contributed by atoms with Crippen LogP contribution in [0.3, 0.4) is 0 Å². The molecule has 0 unspecified atom stereocenters. The first-order valence-electron chi connectivity index (χ1n) is 11.6. The van der Waals surface area contributed by atoms with Crippen LogP contribution in [0.4, 0.5) is 18.0 Å². The number of likely N-dealkylation sites (tertiary alicyclic amines) is 1. The first-order chi connectivity index (χ1) is 15.2. The lowest BCUT2D eigenvalue weighted by Crippen LogP contribution is -2.46. The van der Waals surface area contributed by atoms with Gasteiger partial charge in [0.2, 0.25) is 0 Å². The quantitative estimate of drug-likeness (QED) is 0.608. The molecule has 0 radical (unpaired) electrons. The number of amides is 1. The molecular weight excluding hydrogens is 421 g/mol. The van der Waals surface area contributed by atoms with Crippen LogP contribution in [0.1, 0.15) is 81.3 Å². The summed E-state index contributed by atoms with van der Waals surface area (Å²) >= 11 is 0. The van der Waals surface area contributed by atoms with E-state index in [0.717, 1.165) is 29.9 Å². The number of hydrogen-bond donors (Lipinski definition) is 0. The number of aryl methyl sites for hydroxylation is 1. The highest BCUT2D eigenvalue weighted by Crippen LogP contribution is 2.43. The summed E-state index contributed by atoms with van der Waals surface area (Å²) in [6, 6.07) is 3.88. The average Bonchev–Trinajstić information content (AvgIpc) is 3.17. The van der Waals surface area contributed by atoms with Gasteiger partial charge in [-0.2, -0.15) is 18.3 Å². The number of carbonyl (C=O) groups is 1. The summed E-state index contributed by atoms with van der Waals surface area (Å²) in [4.78, 5) is 18.8. The first-order valence-corrected chi connectivity index (χ1v) is 11.6. The maximum atomic E-state index is 13.0. The van der Waals surface area contributed by atoms with Gasteiger partial charge in [-0.05, 0) is 65.4 Å². The summed E-state index contributed by atoms with van der Waals surface area (Å²) in [6.45, 7) is 6.76. The Labute approximate surface area is 186 Å². The number of alkyl halides is 3. The summed E-state index contributed by atoms with van der Waals surface area (Å²) < 4.78 is 46.2. The van der Waals surface area contributed by atoms with Crippen LogP contribution in [-0.4, -0.2) is 51.0 Å². The second-order valence-electron chi connectivity index (χ2n) is 9.13. The third-order valence-electron chi connectivity index (χ3n) is 7.08. The van der Waals surface area contributed by atoms with E-state index < -0.39 is 12.1 Å². The van der Waals surface area contributed by atoms with Gasteiger partial charge >= 0.3 is 12.3 Å². The van der Waals surface area contributed by atoms with E-state index in [1.807, 2.05) is 30.5 Å². The van der Waals surface area contributed by atoms with Crippen molar-refractivity contribution in [3.63, 3.8) is 0 Å². The van der Waals surface area contributed by atoms with Gasteiger partial charge < -0.3 is 9.64 Å². The largest absolute Gasteiger partial charge is 0.450 e. The fourth-order valence-electron chi connectivity index (χ4n) is 5.33. The van der Waals surface area contributed by atoms with E-state index in [1.54, 1.807) is 11.8 Å². The van der Waals surface area contributed by atoms with Crippen molar-refractivity contribution in [1.29, 1.82) is 0 Å². The maximum Gasteiger partial charge on any atom is 0.410 e. The maximum absolute atomic E-state index is 13.0. The van der Waals surface area contributed by atoms with Crippen LogP contribution < -0.4 is 0 Å². The molecule has 0 spiro atoms. The lowest BCUT2D eigenvalue weighted by atomic mass is 9.80. The van der Waals surface area contributed by atoms with Gasteiger partial charge in [0.05, 0.1) is 23.9 Å². The number of piperidine rings is 1. The summed E-state index contributed by atoms with van der Waals surface area (Å²) in [6.07, 6.45) is -1.36. The molecule has 3 heterocycles. The highest BCUT2D eigenvalue weighted by Gasteiger charge is 2.42. The zero-order valence-corrected chi connectivity index (χ0v) is 18.9. The number of carbonyl (C=O) groups excluding carboxylic acids is 1. The van der Waals surface area contributed by atoms with E-state index in [-0.39, 0.29) is 36.8 Å². The molecule has 6 nitrogen and oxygen atoms in total. The third kappa shape index (κ3) is 4.43. The van der Waals surface area contributed by atoms with Gasteiger partial charge in [-0.15, -0.1) is 0 Å². The van der Waals surface area contributed by atoms with Crippen LogP contribution in [0.25, 0.3) is 5.65 Å². The zero-order valence-electron chi connectivity index (χ0n) is 18.9. The van der Waals surface area contributed by atoms with Gasteiger partial charge in [0.1, 0.15) is 0 Å². The molecule has 1 aliphatic carbocycles. The molecule has 2 aromatic rings. The van der Waals surface area contributed by atoms with E-state index >= 15 is 0 Å². The molecule has 1 aliphatic heterocycles. The van der Waals surface area contributed by atoms with E-state index in [0.29, 0.717) is 31.6 Å². The molecule has 2 fully saturated rings. The van der Waals surface area contributed by atoms with Crippen LogP contribution in [0, 0.1) is 12.8 Å².